The molecule has 1 amide bonds. The van der Waals surface area contributed by atoms with Crippen molar-refractivity contribution < 1.29 is 14.3 Å². The van der Waals surface area contributed by atoms with Gasteiger partial charge in [-0.25, -0.2) is 0 Å². The third kappa shape index (κ3) is 3.85. The molecule has 0 saturated heterocycles. The number of anilines is 1. The first-order chi connectivity index (χ1) is 12.6. The monoisotopic (exact) mass is 355 g/mol. The van der Waals surface area contributed by atoms with E-state index in [0.29, 0.717) is 19.1 Å². The number of ether oxygens (including phenoxy) is 2. The van der Waals surface area contributed by atoms with Gasteiger partial charge in [-0.05, 0) is 50.7 Å². The minimum Gasteiger partial charge on any atom is -0.493 e. The maximum atomic E-state index is 13.1. The number of amides is 1. The summed E-state index contributed by atoms with van der Waals surface area (Å²) in [5, 5.41) is 5.12. The lowest BCUT2D eigenvalue weighted by Crippen LogP contribution is -2.45. The van der Waals surface area contributed by atoms with E-state index in [0.717, 1.165) is 47.9 Å². The molecule has 0 radical (unpaired) electrons. The summed E-state index contributed by atoms with van der Waals surface area (Å²) in [5.41, 5.74) is 0.0514. The molecule has 3 rings (SSSR count). The van der Waals surface area contributed by atoms with Crippen molar-refractivity contribution in [2.75, 3.05) is 18.5 Å². The van der Waals surface area contributed by atoms with E-state index >= 15 is 0 Å². The Labute approximate surface area is 155 Å². The first kappa shape index (κ1) is 18.7. The van der Waals surface area contributed by atoms with Gasteiger partial charge >= 0.3 is 0 Å². The lowest BCUT2D eigenvalue weighted by atomic mass is 9.98. The number of nitrogens with one attached hydrogen (secondary N) is 1. The molecule has 1 saturated carbocycles. The molecule has 0 unspecified atom stereocenters. The van der Waals surface area contributed by atoms with Crippen LogP contribution in [0.15, 0.2) is 36.4 Å². The van der Waals surface area contributed by atoms with Gasteiger partial charge in [-0.2, -0.15) is 0 Å². The van der Waals surface area contributed by atoms with Gasteiger partial charge in [-0.15, -0.1) is 0 Å². The molecule has 4 heteroatoms. The van der Waals surface area contributed by atoms with Crippen LogP contribution in [0.1, 0.15) is 46.5 Å². The van der Waals surface area contributed by atoms with Crippen LogP contribution in [-0.2, 0) is 9.53 Å². The van der Waals surface area contributed by atoms with Crippen molar-refractivity contribution in [2.24, 2.45) is 5.92 Å². The molecular weight excluding hydrogens is 326 g/mol. The van der Waals surface area contributed by atoms with Crippen molar-refractivity contribution in [3.63, 3.8) is 0 Å². The van der Waals surface area contributed by atoms with Gasteiger partial charge in [0.05, 0.1) is 6.61 Å². The highest BCUT2D eigenvalue weighted by Gasteiger charge is 2.48. The fourth-order valence-electron chi connectivity index (χ4n) is 3.28. The smallest absolute Gasteiger partial charge is 0.256 e. The molecule has 1 N–H and O–H groups in total. The molecule has 1 atom stereocenters. The summed E-state index contributed by atoms with van der Waals surface area (Å²) in [6.45, 7) is 7.36. The number of carbonyl (C=O) groups is 1. The lowest BCUT2D eigenvalue weighted by Gasteiger charge is -2.29. The van der Waals surface area contributed by atoms with Gasteiger partial charge in [0, 0.05) is 23.1 Å². The summed E-state index contributed by atoms with van der Waals surface area (Å²) in [6, 6.07) is 11.9. The molecule has 140 valence electrons. The Morgan fingerprint density at radius 2 is 1.77 bits per heavy atom. The zero-order valence-corrected chi connectivity index (χ0v) is 16.0. The number of hydrogen-bond acceptors (Lipinski definition) is 3. The first-order valence-corrected chi connectivity index (χ1v) is 9.70. The van der Waals surface area contributed by atoms with E-state index in [1.165, 1.54) is 0 Å². The van der Waals surface area contributed by atoms with Crippen LogP contribution in [0.4, 0.5) is 5.69 Å². The van der Waals surface area contributed by atoms with E-state index < -0.39 is 5.60 Å². The molecule has 2 aromatic carbocycles. The highest BCUT2D eigenvalue weighted by molar-refractivity contribution is 6.06. The average molecular weight is 355 g/mol. The van der Waals surface area contributed by atoms with Crippen LogP contribution >= 0.6 is 0 Å². The molecule has 0 bridgehead atoms. The van der Waals surface area contributed by atoms with E-state index in [1.807, 2.05) is 43.3 Å². The Morgan fingerprint density at radius 3 is 2.42 bits per heavy atom. The second kappa shape index (κ2) is 8.09. The minimum absolute atomic E-state index is 0.0548. The Balaban J connectivity index is 1.87. The zero-order valence-electron chi connectivity index (χ0n) is 16.0. The molecular formula is C22H29NO3. The lowest BCUT2D eigenvalue weighted by molar-refractivity contribution is -0.142. The Kier molecular flexibility index (Phi) is 5.82. The second-order valence-electron chi connectivity index (χ2n) is 7.19. The Bertz CT molecular complexity index is 769. The highest BCUT2D eigenvalue weighted by atomic mass is 16.5. The van der Waals surface area contributed by atoms with Crippen molar-refractivity contribution in [1.82, 2.24) is 0 Å². The van der Waals surface area contributed by atoms with Crippen LogP contribution in [0.3, 0.4) is 0 Å². The molecule has 0 spiro atoms. The third-order valence-electron chi connectivity index (χ3n) is 5.01. The number of fused-ring (bicyclic) bond motifs is 1. The standard InChI is InChI=1S/C22H29NO3/c1-4-14-25-20-13-12-19(17-8-6-7-9-18(17)20)23-21(24)22(3,16-10-11-16)26-15-5-2/h6-9,12-13,16H,4-5,10-11,14-15H2,1-3H3,(H,23,24)/t22-/m0/s1. The normalized spacial score (nSPS) is 16.3. The van der Waals surface area contributed by atoms with Crippen LogP contribution in [0, 0.1) is 5.92 Å². The quantitative estimate of drug-likeness (QED) is 0.675. The fourth-order valence-corrected chi connectivity index (χ4v) is 3.28. The first-order valence-electron chi connectivity index (χ1n) is 9.70. The highest BCUT2D eigenvalue weighted by Crippen LogP contribution is 2.43. The molecule has 0 aromatic heterocycles. The van der Waals surface area contributed by atoms with E-state index in [4.69, 9.17) is 9.47 Å². The maximum Gasteiger partial charge on any atom is 0.256 e. The SMILES string of the molecule is CCCOc1ccc(NC(=O)[C@@](C)(OCCC)C2CC2)c2ccccc12. The number of benzene rings is 2. The zero-order chi connectivity index (χ0) is 18.6. The number of hydrogen-bond donors (Lipinski definition) is 1. The number of rotatable bonds is 9. The van der Waals surface area contributed by atoms with Crippen molar-refractivity contribution in [1.29, 1.82) is 0 Å². The predicted molar refractivity (Wildman–Crippen MR) is 106 cm³/mol. The molecule has 26 heavy (non-hydrogen) atoms. The van der Waals surface area contributed by atoms with E-state index in [1.54, 1.807) is 0 Å². The summed E-state index contributed by atoms with van der Waals surface area (Å²) in [7, 11) is 0. The van der Waals surface area contributed by atoms with Crippen molar-refractivity contribution in [3.8, 4) is 5.75 Å². The van der Waals surface area contributed by atoms with E-state index in [2.05, 4.69) is 19.2 Å². The number of carbonyl (C=O) groups excluding carboxylic acids is 1. The van der Waals surface area contributed by atoms with Crippen LogP contribution in [0.5, 0.6) is 5.75 Å². The van der Waals surface area contributed by atoms with E-state index in [9.17, 15) is 4.79 Å². The Morgan fingerprint density at radius 1 is 1.08 bits per heavy atom. The van der Waals surface area contributed by atoms with Crippen molar-refractivity contribution in [3.05, 3.63) is 36.4 Å². The van der Waals surface area contributed by atoms with Gasteiger partial charge in [-0.1, -0.05) is 38.1 Å². The van der Waals surface area contributed by atoms with Crippen molar-refractivity contribution >= 4 is 22.4 Å². The third-order valence-corrected chi connectivity index (χ3v) is 5.01. The van der Waals surface area contributed by atoms with Gasteiger partial charge in [0.2, 0.25) is 0 Å². The van der Waals surface area contributed by atoms with Gasteiger partial charge in [0.25, 0.3) is 5.91 Å². The van der Waals surface area contributed by atoms with Crippen LogP contribution in [-0.4, -0.2) is 24.7 Å². The summed E-state index contributed by atoms with van der Waals surface area (Å²) in [4.78, 5) is 13.1. The van der Waals surface area contributed by atoms with Gasteiger partial charge in [0.15, 0.2) is 0 Å². The molecule has 1 aliphatic carbocycles. The molecule has 1 fully saturated rings. The maximum absolute atomic E-state index is 13.1. The fraction of sp³-hybridized carbons (Fsp3) is 0.500. The molecule has 0 aliphatic heterocycles. The summed E-state index contributed by atoms with van der Waals surface area (Å²) < 4.78 is 11.8. The van der Waals surface area contributed by atoms with Gasteiger partial charge in [-0.3, -0.25) is 4.79 Å². The second-order valence-corrected chi connectivity index (χ2v) is 7.19. The summed E-state index contributed by atoms with van der Waals surface area (Å²) >= 11 is 0. The van der Waals surface area contributed by atoms with Crippen LogP contribution < -0.4 is 10.1 Å². The molecule has 4 nitrogen and oxygen atoms in total. The Hall–Kier alpha value is -2.07. The average Bonchev–Trinajstić information content (AvgIpc) is 3.51. The van der Waals surface area contributed by atoms with Gasteiger partial charge in [0.1, 0.15) is 11.4 Å². The van der Waals surface area contributed by atoms with E-state index in [-0.39, 0.29) is 5.91 Å². The van der Waals surface area contributed by atoms with Crippen molar-refractivity contribution in [2.45, 2.75) is 52.1 Å². The predicted octanol–water partition coefficient (Wildman–Crippen LogP) is 5.16. The van der Waals surface area contributed by atoms with Crippen LogP contribution in [0.2, 0.25) is 0 Å². The summed E-state index contributed by atoms with van der Waals surface area (Å²) in [6.07, 6.45) is 3.97. The van der Waals surface area contributed by atoms with Gasteiger partial charge < -0.3 is 14.8 Å². The summed E-state index contributed by atoms with van der Waals surface area (Å²) in [5.74, 6) is 1.11. The largest absolute Gasteiger partial charge is 0.493 e. The van der Waals surface area contributed by atoms with Crippen LogP contribution in [0.25, 0.3) is 10.8 Å². The topological polar surface area (TPSA) is 47.6 Å². The molecule has 0 heterocycles. The minimum atomic E-state index is -0.755. The molecule has 1 aliphatic rings. The molecule has 2 aromatic rings.